The van der Waals surface area contributed by atoms with Gasteiger partial charge in [-0.3, -0.25) is 9.59 Å². The summed E-state index contributed by atoms with van der Waals surface area (Å²) < 4.78 is 38.0. The third-order valence-corrected chi connectivity index (χ3v) is 3.50. The Morgan fingerprint density at radius 3 is 2.16 bits per heavy atom. The van der Waals surface area contributed by atoms with E-state index in [-0.39, 0.29) is 24.3 Å². The minimum atomic E-state index is -4.44. The van der Waals surface area contributed by atoms with Gasteiger partial charge < -0.3 is 10.6 Å². The summed E-state index contributed by atoms with van der Waals surface area (Å²) in [7, 11) is 1.55. The highest BCUT2D eigenvalue weighted by Crippen LogP contribution is 2.29. The van der Waals surface area contributed by atoms with Gasteiger partial charge in [-0.25, -0.2) is 0 Å². The fourth-order valence-corrected chi connectivity index (χ4v) is 2.23. The van der Waals surface area contributed by atoms with E-state index in [1.54, 1.807) is 31.3 Å². The summed E-state index contributed by atoms with van der Waals surface area (Å²) in [5, 5.41) is 5.14. The monoisotopic (exact) mass is 350 g/mol. The van der Waals surface area contributed by atoms with Crippen LogP contribution < -0.4 is 10.6 Å². The Morgan fingerprint density at radius 1 is 0.920 bits per heavy atom. The number of rotatable bonds is 5. The molecule has 0 aromatic heterocycles. The highest BCUT2D eigenvalue weighted by atomic mass is 19.4. The second-order valence-electron chi connectivity index (χ2n) is 5.47. The second-order valence-corrected chi connectivity index (χ2v) is 5.47. The normalized spacial score (nSPS) is 11.0. The van der Waals surface area contributed by atoms with Crippen molar-refractivity contribution < 1.29 is 22.8 Å². The van der Waals surface area contributed by atoms with Gasteiger partial charge in [0.1, 0.15) is 0 Å². The number of amides is 2. The van der Waals surface area contributed by atoms with Crippen molar-refractivity contribution in [3.8, 4) is 0 Å². The van der Waals surface area contributed by atoms with Crippen molar-refractivity contribution in [3.63, 3.8) is 0 Å². The summed E-state index contributed by atoms with van der Waals surface area (Å²) in [6.07, 6.45) is -4.37. The molecule has 0 heterocycles. The highest BCUT2D eigenvalue weighted by Gasteiger charge is 2.30. The molecule has 0 saturated carbocycles. The van der Waals surface area contributed by atoms with Crippen LogP contribution >= 0.6 is 0 Å². The number of likely N-dealkylation sites (N-methyl/N-ethyl adjacent to an activating group) is 1. The van der Waals surface area contributed by atoms with Crippen LogP contribution in [0.3, 0.4) is 0 Å². The van der Waals surface area contributed by atoms with E-state index < -0.39 is 17.6 Å². The molecule has 0 saturated heterocycles. The van der Waals surface area contributed by atoms with Crippen LogP contribution in [0, 0.1) is 0 Å². The fourth-order valence-electron chi connectivity index (χ4n) is 2.23. The standard InChI is InChI=1S/C18H17F3N2O2/c1-22-16(24)10-12-5-7-15(8-6-12)23-17(25)11-13-3-2-4-14(9-13)18(19,20)21/h2-9H,10-11H2,1H3,(H,22,24)(H,23,25). The van der Waals surface area contributed by atoms with E-state index in [0.29, 0.717) is 5.69 Å². The van der Waals surface area contributed by atoms with Gasteiger partial charge in [0.2, 0.25) is 11.8 Å². The molecule has 25 heavy (non-hydrogen) atoms. The molecule has 2 N–H and O–H groups in total. The lowest BCUT2D eigenvalue weighted by atomic mass is 10.1. The van der Waals surface area contributed by atoms with Crippen LogP contribution in [0.15, 0.2) is 48.5 Å². The van der Waals surface area contributed by atoms with E-state index in [9.17, 15) is 22.8 Å². The van der Waals surface area contributed by atoms with Gasteiger partial charge in [0.05, 0.1) is 18.4 Å². The van der Waals surface area contributed by atoms with Crippen LogP contribution in [-0.2, 0) is 28.6 Å². The molecule has 0 unspecified atom stereocenters. The average molecular weight is 350 g/mol. The van der Waals surface area contributed by atoms with Crippen LogP contribution in [0.25, 0.3) is 0 Å². The minimum Gasteiger partial charge on any atom is -0.359 e. The van der Waals surface area contributed by atoms with Crippen LogP contribution in [0.1, 0.15) is 16.7 Å². The predicted molar refractivity (Wildman–Crippen MR) is 88.0 cm³/mol. The summed E-state index contributed by atoms with van der Waals surface area (Å²) in [5.41, 5.74) is 0.799. The van der Waals surface area contributed by atoms with Crippen molar-refractivity contribution in [3.05, 3.63) is 65.2 Å². The summed E-state index contributed by atoms with van der Waals surface area (Å²) in [4.78, 5) is 23.3. The quantitative estimate of drug-likeness (QED) is 0.870. The van der Waals surface area contributed by atoms with Crippen LogP contribution in [0.4, 0.5) is 18.9 Å². The van der Waals surface area contributed by atoms with Gasteiger partial charge >= 0.3 is 6.18 Å². The van der Waals surface area contributed by atoms with E-state index >= 15 is 0 Å². The molecule has 0 bridgehead atoms. The number of anilines is 1. The third kappa shape index (κ3) is 5.63. The maximum atomic E-state index is 12.7. The van der Waals surface area contributed by atoms with Crippen LogP contribution in [0.5, 0.6) is 0 Å². The van der Waals surface area contributed by atoms with E-state index in [1.807, 2.05) is 0 Å². The number of carbonyl (C=O) groups is 2. The van der Waals surface area contributed by atoms with Gasteiger partial charge in [0.25, 0.3) is 0 Å². The molecular weight excluding hydrogens is 333 g/mol. The van der Waals surface area contributed by atoms with Gasteiger partial charge in [0, 0.05) is 12.7 Å². The van der Waals surface area contributed by atoms with E-state index in [4.69, 9.17) is 0 Å². The number of nitrogens with one attached hydrogen (secondary N) is 2. The average Bonchev–Trinajstić information content (AvgIpc) is 2.56. The first-order valence-electron chi connectivity index (χ1n) is 7.53. The number of hydrogen-bond donors (Lipinski definition) is 2. The molecule has 132 valence electrons. The van der Waals surface area contributed by atoms with Crippen LogP contribution in [-0.4, -0.2) is 18.9 Å². The number of carbonyl (C=O) groups excluding carboxylic acids is 2. The Balaban J connectivity index is 1.97. The van der Waals surface area contributed by atoms with Gasteiger partial charge in [-0.1, -0.05) is 30.3 Å². The second kappa shape index (κ2) is 7.83. The lowest BCUT2D eigenvalue weighted by Gasteiger charge is -2.09. The Hall–Kier alpha value is -2.83. The molecule has 0 aliphatic carbocycles. The maximum absolute atomic E-state index is 12.7. The molecule has 2 aromatic carbocycles. The van der Waals surface area contributed by atoms with E-state index in [1.165, 1.54) is 12.1 Å². The van der Waals surface area contributed by atoms with Crippen LogP contribution in [0.2, 0.25) is 0 Å². The Labute approximate surface area is 143 Å². The third-order valence-electron chi connectivity index (χ3n) is 3.50. The Bertz CT molecular complexity index is 756. The largest absolute Gasteiger partial charge is 0.416 e. The molecule has 0 fully saturated rings. The molecule has 0 aliphatic heterocycles. The van der Waals surface area contributed by atoms with Crippen molar-refractivity contribution in [1.29, 1.82) is 0 Å². The van der Waals surface area contributed by atoms with Crippen molar-refractivity contribution in [2.24, 2.45) is 0 Å². The highest BCUT2D eigenvalue weighted by molar-refractivity contribution is 5.92. The summed E-state index contributed by atoms with van der Waals surface area (Å²) in [6, 6.07) is 11.4. The number of alkyl halides is 3. The molecule has 0 radical (unpaired) electrons. The lowest BCUT2D eigenvalue weighted by molar-refractivity contribution is -0.137. The zero-order valence-electron chi connectivity index (χ0n) is 13.5. The van der Waals surface area contributed by atoms with Crippen molar-refractivity contribution in [2.75, 3.05) is 12.4 Å². The topological polar surface area (TPSA) is 58.2 Å². The SMILES string of the molecule is CNC(=O)Cc1ccc(NC(=O)Cc2cccc(C(F)(F)F)c2)cc1. The van der Waals surface area contributed by atoms with Gasteiger partial charge in [-0.05, 0) is 29.3 Å². The number of hydrogen-bond acceptors (Lipinski definition) is 2. The Morgan fingerprint density at radius 2 is 1.56 bits per heavy atom. The lowest BCUT2D eigenvalue weighted by Crippen LogP contribution is -2.20. The van der Waals surface area contributed by atoms with Crippen molar-refractivity contribution >= 4 is 17.5 Å². The van der Waals surface area contributed by atoms with Gasteiger partial charge in [0.15, 0.2) is 0 Å². The zero-order chi connectivity index (χ0) is 18.4. The first-order valence-corrected chi connectivity index (χ1v) is 7.53. The molecule has 2 amide bonds. The molecular formula is C18H17F3N2O2. The first-order chi connectivity index (χ1) is 11.8. The zero-order valence-corrected chi connectivity index (χ0v) is 13.5. The van der Waals surface area contributed by atoms with E-state index in [0.717, 1.165) is 17.7 Å². The molecule has 0 aliphatic rings. The first kappa shape index (κ1) is 18.5. The van der Waals surface area contributed by atoms with E-state index in [2.05, 4.69) is 10.6 Å². The fraction of sp³-hybridized carbons (Fsp3) is 0.222. The smallest absolute Gasteiger partial charge is 0.359 e. The number of halogens is 3. The van der Waals surface area contributed by atoms with Crippen molar-refractivity contribution in [1.82, 2.24) is 5.32 Å². The maximum Gasteiger partial charge on any atom is 0.416 e. The summed E-state index contributed by atoms with van der Waals surface area (Å²) in [5.74, 6) is -0.542. The Kier molecular flexibility index (Phi) is 5.80. The van der Waals surface area contributed by atoms with Crippen molar-refractivity contribution in [2.45, 2.75) is 19.0 Å². The summed E-state index contributed by atoms with van der Waals surface area (Å²) in [6.45, 7) is 0. The molecule has 0 spiro atoms. The minimum absolute atomic E-state index is 0.124. The molecule has 4 nitrogen and oxygen atoms in total. The predicted octanol–water partition coefficient (Wildman–Crippen LogP) is 3.18. The molecule has 2 rings (SSSR count). The molecule has 7 heteroatoms. The summed E-state index contributed by atoms with van der Waals surface area (Å²) >= 11 is 0. The molecule has 2 aromatic rings. The molecule has 0 atom stereocenters. The van der Waals surface area contributed by atoms with Gasteiger partial charge in [-0.15, -0.1) is 0 Å². The number of benzene rings is 2. The van der Waals surface area contributed by atoms with Gasteiger partial charge in [-0.2, -0.15) is 13.2 Å².